The molecular formula is C17H19ClN4O3. The molecular weight excluding hydrogens is 344 g/mol. The summed E-state index contributed by atoms with van der Waals surface area (Å²) >= 11 is 6.20. The van der Waals surface area contributed by atoms with E-state index in [2.05, 4.69) is 9.97 Å². The summed E-state index contributed by atoms with van der Waals surface area (Å²) in [6, 6.07) is 4.91. The highest BCUT2D eigenvalue weighted by molar-refractivity contribution is 6.32. The third-order valence-electron chi connectivity index (χ3n) is 3.98. The van der Waals surface area contributed by atoms with Crippen molar-refractivity contribution in [2.45, 2.75) is 26.4 Å². The van der Waals surface area contributed by atoms with E-state index < -0.39 is 0 Å². The van der Waals surface area contributed by atoms with Gasteiger partial charge in [-0.2, -0.15) is 0 Å². The van der Waals surface area contributed by atoms with E-state index in [0.29, 0.717) is 53.1 Å². The summed E-state index contributed by atoms with van der Waals surface area (Å²) in [6.45, 7) is 3.28. The zero-order valence-corrected chi connectivity index (χ0v) is 14.6. The molecule has 0 saturated heterocycles. The quantitative estimate of drug-likeness (QED) is 0.787. The molecule has 3 N–H and O–H groups in total. The molecule has 0 atom stereocenters. The predicted octanol–water partition coefficient (Wildman–Crippen LogP) is 1.62. The van der Waals surface area contributed by atoms with Crippen LogP contribution in [0.4, 0.5) is 0 Å². The van der Waals surface area contributed by atoms with E-state index in [1.54, 1.807) is 30.0 Å². The molecule has 8 heteroatoms. The van der Waals surface area contributed by atoms with E-state index in [9.17, 15) is 9.59 Å². The van der Waals surface area contributed by atoms with Gasteiger partial charge in [-0.25, -0.2) is 4.98 Å². The number of nitrogens with zero attached hydrogens (tertiary/aromatic N) is 2. The number of nitrogens with one attached hydrogen (secondary N) is 1. The average Bonchev–Trinajstić information content (AvgIpc) is 3.00. The molecule has 0 aliphatic carbocycles. The van der Waals surface area contributed by atoms with Crippen LogP contribution in [0.5, 0.6) is 5.75 Å². The maximum Gasteiger partial charge on any atom is 0.256 e. The Bertz CT molecular complexity index is 865. The molecule has 132 valence electrons. The number of amides is 1. The van der Waals surface area contributed by atoms with Crippen LogP contribution in [-0.2, 0) is 13.1 Å². The molecule has 25 heavy (non-hydrogen) atoms. The zero-order valence-electron chi connectivity index (χ0n) is 13.8. The Morgan fingerprint density at radius 3 is 2.96 bits per heavy atom. The number of fused-ring (bicyclic) bond motifs is 1. The highest BCUT2D eigenvalue weighted by atomic mass is 35.5. The van der Waals surface area contributed by atoms with Crippen molar-refractivity contribution in [3.63, 3.8) is 0 Å². The minimum atomic E-state index is -0.203. The van der Waals surface area contributed by atoms with Gasteiger partial charge in [-0.1, -0.05) is 11.6 Å². The molecule has 1 amide bonds. The van der Waals surface area contributed by atoms with Gasteiger partial charge in [0.2, 0.25) is 0 Å². The van der Waals surface area contributed by atoms with E-state index in [1.165, 1.54) is 0 Å². The number of carbonyl (C=O) groups excluding carboxylic acids is 1. The summed E-state index contributed by atoms with van der Waals surface area (Å²) < 4.78 is 5.52. The Labute approximate surface area is 149 Å². The van der Waals surface area contributed by atoms with Crippen molar-refractivity contribution in [1.82, 2.24) is 14.9 Å². The zero-order chi connectivity index (χ0) is 18.0. The van der Waals surface area contributed by atoms with Gasteiger partial charge in [-0.3, -0.25) is 9.59 Å². The Hall–Kier alpha value is -2.38. The molecule has 2 heterocycles. The average molecular weight is 363 g/mol. The Morgan fingerprint density at radius 1 is 1.44 bits per heavy atom. The van der Waals surface area contributed by atoms with Gasteiger partial charge in [0.15, 0.2) is 0 Å². The molecule has 1 aliphatic heterocycles. The molecule has 0 saturated carbocycles. The Balaban J connectivity index is 1.75. The number of aromatic nitrogens is 2. The molecule has 7 nitrogen and oxygen atoms in total. The lowest BCUT2D eigenvalue weighted by atomic mass is 10.2. The lowest BCUT2D eigenvalue weighted by Crippen LogP contribution is -2.26. The number of benzene rings is 1. The summed E-state index contributed by atoms with van der Waals surface area (Å²) in [7, 11) is 0. The van der Waals surface area contributed by atoms with Crippen molar-refractivity contribution < 1.29 is 9.53 Å². The molecule has 0 bridgehead atoms. The van der Waals surface area contributed by atoms with Gasteiger partial charge in [0.05, 0.1) is 36.0 Å². The lowest BCUT2D eigenvalue weighted by molar-refractivity contribution is 0.0750. The molecule has 0 unspecified atom stereocenters. The fourth-order valence-electron chi connectivity index (χ4n) is 2.73. The van der Waals surface area contributed by atoms with Crippen LogP contribution in [0.2, 0.25) is 5.02 Å². The Morgan fingerprint density at radius 2 is 2.24 bits per heavy atom. The number of rotatable bonds is 5. The molecule has 2 aromatic rings. The van der Waals surface area contributed by atoms with Crippen molar-refractivity contribution in [1.29, 1.82) is 0 Å². The van der Waals surface area contributed by atoms with Crippen LogP contribution in [-0.4, -0.2) is 33.9 Å². The molecule has 1 aliphatic rings. The summed E-state index contributed by atoms with van der Waals surface area (Å²) in [5.74, 6) is 0.857. The van der Waals surface area contributed by atoms with Gasteiger partial charge in [0.25, 0.3) is 11.5 Å². The largest absolute Gasteiger partial charge is 0.492 e. The van der Waals surface area contributed by atoms with Crippen LogP contribution in [0.1, 0.15) is 33.9 Å². The van der Waals surface area contributed by atoms with Gasteiger partial charge < -0.3 is 20.4 Å². The molecule has 1 aromatic carbocycles. The van der Waals surface area contributed by atoms with Crippen LogP contribution in [0.25, 0.3) is 0 Å². The fraction of sp³-hybridized carbons (Fsp3) is 0.353. The monoisotopic (exact) mass is 362 g/mol. The number of nitrogens with two attached hydrogens (primary N) is 1. The lowest BCUT2D eigenvalue weighted by Gasteiger charge is -2.16. The van der Waals surface area contributed by atoms with Crippen LogP contribution in [0, 0.1) is 6.92 Å². The topological polar surface area (TPSA) is 101 Å². The van der Waals surface area contributed by atoms with E-state index in [4.69, 9.17) is 22.1 Å². The van der Waals surface area contributed by atoms with Crippen molar-refractivity contribution in [3.05, 3.63) is 56.2 Å². The summed E-state index contributed by atoms with van der Waals surface area (Å²) in [5.41, 5.74) is 6.85. The minimum Gasteiger partial charge on any atom is -0.492 e. The predicted molar refractivity (Wildman–Crippen MR) is 93.8 cm³/mol. The second-order valence-electron chi connectivity index (χ2n) is 5.87. The van der Waals surface area contributed by atoms with Crippen molar-refractivity contribution in [2.24, 2.45) is 5.73 Å². The van der Waals surface area contributed by atoms with E-state index in [-0.39, 0.29) is 18.0 Å². The van der Waals surface area contributed by atoms with Crippen LogP contribution >= 0.6 is 11.6 Å². The van der Waals surface area contributed by atoms with E-state index in [0.717, 1.165) is 6.42 Å². The van der Waals surface area contributed by atoms with Gasteiger partial charge in [0, 0.05) is 5.56 Å². The minimum absolute atomic E-state index is 0.195. The second kappa shape index (κ2) is 7.25. The number of hydrogen-bond acceptors (Lipinski definition) is 5. The number of aromatic amines is 1. The second-order valence-corrected chi connectivity index (χ2v) is 6.28. The van der Waals surface area contributed by atoms with E-state index in [1.807, 2.05) is 0 Å². The first-order valence-electron chi connectivity index (χ1n) is 8.00. The fourth-order valence-corrected chi connectivity index (χ4v) is 2.97. The standard InChI is InChI=1S/C17H19ClN4O3/c1-10-20-14-9-22(8-12(14)16(23)21-10)17(24)11-3-4-15(13(18)7-11)25-6-2-5-19/h3-4,7H,2,5-6,8-9,19H2,1H3,(H,20,21,23). The van der Waals surface area contributed by atoms with Gasteiger partial charge in [-0.05, 0) is 38.1 Å². The number of hydrogen-bond donors (Lipinski definition) is 2. The molecule has 3 rings (SSSR count). The molecule has 0 fully saturated rings. The molecule has 0 radical (unpaired) electrons. The SMILES string of the molecule is Cc1nc2c(c(=O)[nH]1)CN(C(=O)c1ccc(OCCCN)c(Cl)c1)C2. The normalized spacial score (nSPS) is 13.0. The number of carbonyl (C=O) groups is 1. The first-order valence-corrected chi connectivity index (χ1v) is 8.37. The van der Waals surface area contributed by atoms with Gasteiger partial charge in [0.1, 0.15) is 11.6 Å². The van der Waals surface area contributed by atoms with Crippen LogP contribution < -0.4 is 16.0 Å². The van der Waals surface area contributed by atoms with Crippen molar-refractivity contribution in [3.8, 4) is 5.75 Å². The highest BCUT2D eigenvalue weighted by Crippen LogP contribution is 2.27. The van der Waals surface area contributed by atoms with Crippen molar-refractivity contribution in [2.75, 3.05) is 13.2 Å². The molecule has 1 aromatic heterocycles. The summed E-state index contributed by atoms with van der Waals surface area (Å²) in [6.07, 6.45) is 0.726. The Kier molecular flexibility index (Phi) is 5.06. The number of aryl methyl sites for hydroxylation is 1. The van der Waals surface area contributed by atoms with Gasteiger partial charge in [-0.15, -0.1) is 0 Å². The summed E-state index contributed by atoms with van der Waals surface area (Å²) in [5, 5.41) is 0.367. The maximum atomic E-state index is 12.7. The van der Waals surface area contributed by atoms with Gasteiger partial charge >= 0.3 is 0 Å². The third kappa shape index (κ3) is 3.67. The smallest absolute Gasteiger partial charge is 0.256 e. The molecule has 0 spiro atoms. The number of H-pyrrole nitrogens is 1. The highest BCUT2D eigenvalue weighted by Gasteiger charge is 2.28. The van der Waals surface area contributed by atoms with Crippen molar-refractivity contribution >= 4 is 17.5 Å². The van der Waals surface area contributed by atoms with Crippen LogP contribution in [0.3, 0.4) is 0 Å². The number of halogens is 1. The van der Waals surface area contributed by atoms with E-state index >= 15 is 0 Å². The van der Waals surface area contributed by atoms with Crippen LogP contribution in [0.15, 0.2) is 23.0 Å². The number of ether oxygens (including phenoxy) is 1. The summed E-state index contributed by atoms with van der Waals surface area (Å²) in [4.78, 5) is 33.2. The third-order valence-corrected chi connectivity index (χ3v) is 4.28. The maximum absolute atomic E-state index is 12.7. The first kappa shape index (κ1) is 17.4. The first-order chi connectivity index (χ1) is 12.0.